The minimum absolute atomic E-state index is 0.0479. The van der Waals surface area contributed by atoms with E-state index in [1.54, 1.807) is 31.3 Å². The van der Waals surface area contributed by atoms with Crippen molar-refractivity contribution in [3.05, 3.63) is 59.0 Å². The molecule has 2 rings (SSSR count). The molecular weight excluding hydrogens is 273 g/mol. The van der Waals surface area contributed by atoms with Gasteiger partial charge in [-0.2, -0.15) is 0 Å². The van der Waals surface area contributed by atoms with Crippen LogP contribution < -0.4 is 11.1 Å². The molecule has 20 heavy (non-hydrogen) atoms. The smallest absolute Gasteiger partial charge is 0.126 e. The van der Waals surface area contributed by atoms with Crippen LogP contribution in [0.15, 0.2) is 36.5 Å². The first-order chi connectivity index (χ1) is 9.47. The lowest BCUT2D eigenvalue weighted by Crippen LogP contribution is -2.11. The van der Waals surface area contributed by atoms with E-state index in [1.807, 2.05) is 13.0 Å². The number of hydrogen-bond donors (Lipinski definition) is 2. The Kier molecular flexibility index (Phi) is 4.29. The number of aryl methyl sites for hydroxylation is 1. The molecule has 1 heterocycles. The molecule has 3 nitrogen and oxygen atoms in total. The molecule has 0 radical (unpaired) electrons. The molecule has 3 N–H and O–H groups in total. The van der Waals surface area contributed by atoms with Crippen molar-refractivity contribution in [2.45, 2.75) is 19.9 Å². The Labute approximate surface area is 123 Å². The summed E-state index contributed by atoms with van der Waals surface area (Å²) in [5.41, 5.74) is 7.75. The van der Waals surface area contributed by atoms with Crippen molar-refractivity contribution in [3.63, 3.8) is 0 Å². The lowest BCUT2D eigenvalue weighted by molar-refractivity contribution is 0.614. The fraction of sp³-hybridized carbons (Fsp3) is 0.200. The summed E-state index contributed by atoms with van der Waals surface area (Å²) in [6, 6.07) is 8.77. The van der Waals surface area contributed by atoms with Crippen molar-refractivity contribution >= 4 is 23.0 Å². The lowest BCUT2D eigenvalue weighted by atomic mass is 10.1. The molecule has 0 spiro atoms. The van der Waals surface area contributed by atoms with Crippen LogP contribution >= 0.6 is 12.2 Å². The number of pyridine rings is 1. The molecule has 0 fully saturated rings. The first-order valence-corrected chi connectivity index (χ1v) is 6.66. The van der Waals surface area contributed by atoms with Crippen molar-refractivity contribution < 1.29 is 4.39 Å². The second kappa shape index (κ2) is 5.96. The van der Waals surface area contributed by atoms with Gasteiger partial charge in [0.25, 0.3) is 0 Å². The third-order valence-corrected chi connectivity index (χ3v) is 3.34. The number of hydrogen-bond acceptors (Lipinski definition) is 3. The number of nitrogens with two attached hydrogens (primary N) is 1. The average molecular weight is 289 g/mol. The molecule has 1 aromatic heterocycles. The van der Waals surface area contributed by atoms with Crippen LogP contribution in [0.1, 0.15) is 29.7 Å². The molecule has 0 bridgehead atoms. The molecular formula is C15H16FN3S. The van der Waals surface area contributed by atoms with Crippen molar-refractivity contribution in [1.29, 1.82) is 0 Å². The highest BCUT2D eigenvalue weighted by molar-refractivity contribution is 7.80. The summed E-state index contributed by atoms with van der Waals surface area (Å²) in [5, 5.41) is 3.21. The zero-order valence-corrected chi connectivity index (χ0v) is 12.2. The van der Waals surface area contributed by atoms with Gasteiger partial charge in [0.15, 0.2) is 0 Å². The standard InChI is InChI=1S/C15H16FN3S/c1-9-3-4-11(7-13(9)16)10(2)19-14-6-5-12(8-18-14)15(17)20/h3-8,10H,1-2H3,(H2,17,20)(H,18,19). The van der Waals surface area contributed by atoms with Crippen molar-refractivity contribution in [1.82, 2.24) is 4.98 Å². The summed E-state index contributed by atoms with van der Waals surface area (Å²) < 4.78 is 13.5. The number of aromatic nitrogens is 1. The van der Waals surface area contributed by atoms with Gasteiger partial charge in [-0.05, 0) is 43.2 Å². The van der Waals surface area contributed by atoms with Crippen LogP contribution in [-0.4, -0.2) is 9.97 Å². The molecule has 1 unspecified atom stereocenters. The Morgan fingerprint density at radius 2 is 2.10 bits per heavy atom. The number of anilines is 1. The number of nitrogens with zero attached hydrogens (tertiary/aromatic N) is 1. The molecule has 1 atom stereocenters. The second-order valence-electron chi connectivity index (χ2n) is 4.67. The SMILES string of the molecule is Cc1ccc(C(C)Nc2ccc(C(N)=S)cn2)cc1F. The summed E-state index contributed by atoms with van der Waals surface area (Å²) in [4.78, 5) is 4.55. The van der Waals surface area contributed by atoms with Gasteiger partial charge in [-0.3, -0.25) is 0 Å². The number of rotatable bonds is 4. The maximum atomic E-state index is 13.5. The zero-order chi connectivity index (χ0) is 14.7. The Hall–Kier alpha value is -2.01. The molecule has 0 aliphatic carbocycles. The number of halogens is 1. The molecule has 0 aliphatic heterocycles. The molecule has 0 amide bonds. The van der Waals surface area contributed by atoms with Crippen LogP contribution in [-0.2, 0) is 0 Å². The van der Waals surface area contributed by atoms with Gasteiger partial charge < -0.3 is 11.1 Å². The highest BCUT2D eigenvalue weighted by Crippen LogP contribution is 2.20. The second-order valence-corrected chi connectivity index (χ2v) is 5.11. The van der Waals surface area contributed by atoms with Gasteiger partial charge >= 0.3 is 0 Å². The van der Waals surface area contributed by atoms with E-state index in [0.717, 1.165) is 11.1 Å². The Balaban J connectivity index is 2.12. The van der Waals surface area contributed by atoms with E-state index in [4.69, 9.17) is 18.0 Å². The van der Waals surface area contributed by atoms with Gasteiger partial charge in [-0.1, -0.05) is 24.4 Å². The van der Waals surface area contributed by atoms with E-state index >= 15 is 0 Å². The van der Waals surface area contributed by atoms with E-state index in [0.29, 0.717) is 16.4 Å². The predicted molar refractivity (Wildman–Crippen MR) is 83.3 cm³/mol. The van der Waals surface area contributed by atoms with Gasteiger partial charge in [0.1, 0.15) is 16.6 Å². The van der Waals surface area contributed by atoms with Crippen molar-refractivity contribution in [2.24, 2.45) is 5.73 Å². The summed E-state index contributed by atoms with van der Waals surface area (Å²) in [7, 11) is 0. The molecule has 2 aromatic rings. The van der Waals surface area contributed by atoms with E-state index in [2.05, 4.69) is 10.3 Å². The van der Waals surface area contributed by atoms with Crippen molar-refractivity contribution in [3.8, 4) is 0 Å². The zero-order valence-electron chi connectivity index (χ0n) is 11.4. The molecule has 5 heteroatoms. The topological polar surface area (TPSA) is 50.9 Å². The van der Waals surface area contributed by atoms with Crippen molar-refractivity contribution in [2.75, 3.05) is 5.32 Å². The molecule has 104 valence electrons. The van der Waals surface area contributed by atoms with Gasteiger partial charge in [0, 0.05) is 11.8 Å². The number of nitrogens with one attached hydrogen (secondary N) is 1. The Morgan fingerprint density at radius 1 is 1.35 bits per heavy atom. The van der Waals surface area contributed by atoms with Crippen LogP contribution in [0.25, 0.3) is 0 Å². The van der Waals surface area contributed by atoms with E-state index < -0.39 is 0 Å². The summed E-state index contributed by atoms with van der Waals surface area (Å²) >= 11 is 4.87. The van der Waals surface area contributed by atoms with Gasteiger partial charge in [0.2, 0.25) is 0 Å². The fourth-order valence-corrected chi connectivity index (χ4v) is 1.93. The molecule has 0 saturated heterocycles. The summed E-state index contributed by atoms with van der Waals surface area (Å²) in [5.74, 6) is 0.492. The van der Waals surface area contributed by atoms with Gasteiger partial charge in [0.05, 0.1) is 6.04 Å². The quantitative estimate of drug-likeness (QED) is 0.848. The molecule has 1 aromatic carbocycles. The van der Waals surface area contributed by atoms with E-state index in [9.17, 15) is 4.39 Å². The van der Waals surface area contributed by atoms with Gasteiger partial charge in [-0.25, -0.2) is 9.37 Å². The van der Waals surface area contributed by atoms with Crippen LogP contribution in [0.4, 0.5) is 10.2 Å². The maximum absolute atomic E-state index is 13.5. The van der Waals surface area contributed by atoms with Crippen LogP contribution in [0.3, 0.4) is 0 Å². The highest BCUT2D eigenvalue weighted by atomic mass is 32.1. The molecule has 0 aliphatic rings. The largest absolute Gasteiger partial charge is 0.389 e. The molecule has 0 saturated carbocycles. The Morgan fingerprint density at radius 3 is 2.65 bits per heavy atom. The maximum Gasteiger partial charge on any atom is 0.126 e. The predicted octanol–water partition coefficient (Wildman–Crippen LogP) is 3.34. The fourth-order valence-electron chi connectivity index (χ4n) is 1.81. The monoisotopic (exact) mass is 289 g/mol. The normalized spacial score (nSPS) is 11.9. The third kappa shape index (κ3) is 3.30. The highest BCUT2D eigenvalue weighted by Gasteiger charge is 2.08. The van der Waals surface area contributed by atoms with E-state index in [1.165, 1.54) is 6.07 Å². The van der Waals surface area contributed by atoms with E-state index in [-0.39, 0.29) is 11.9 Å². The Bertz CT molecular complexity index is 626. The van der Waals surface area contributed by atoms with Crippen LogP contribution in [0.2, 0.25) is 0 Å². The summed E-state index contributed by atoms with van der Waals surface area (Å²) in [6.45, 7) is 3.69. The summed E-state index contributed by atoms with van der Waals surface area (Å²) in [6.07, 6.45) is 1.62. The first kappa shape index (κ1) is 14.4. The van der Waals surface area contributed by atoms with Crippen LogP contribution in [0, 0.1) is 12.7 Å². The first-order valence-electron chi connectivity index (χ1n) is 6.26. The van der Waals surface area contributed by atoms with Crippen LogP contribution in [0.5, 0.6) is 0 Å². The number of thiocarbonyl (C=S) groups is 1. The number of benzene rings is 1. The third-order valence-electron chi connectivity index (χ3n) is 3.11. The van der Waals surface area contributed by atoms with Gasteiger partial charge in [-0.15, -0.1) is 0 Å². The minimum Gasteiger partial charge on any atom is -0.389 e. The minimum atomic E-state index is -0.201. The average Bonchev–Trinajstić information content (AvgIpc) is 2.42. The lowest BCUT2D eigenvalue weighted by Gasteiger charge is -2.15.